The normalized spacial score (nSPS) is 10.9. The summed E-state index contributed by atoms with van der Waals surface area (Å²) in [4.78, 5) is 13.8. The Morgan fingerprint density at radius 1 is 1.04 bits per heavy atom. The maximum absolute atomic E-state index is 11.7. The number of hydrogen-bond acceptors (Lipinski definition) is 5. The number of aryl methyl sites for hydroxylation is 2. The van der Waals surface area contributed by atoms with Crippen LogP contribution < -0.4 is 10.5 Å². The first-order valence-corrected chi connectivity index (χ1v) is 9.11. The fraction of sp³-hybridized carbons (Fsp3) is 0.350. The van der Waals surface area contributed by atoms with Crippen molar-refractivity contribution in [3.63, 3.8) is 0 Å². The maximum atomic E-state index is 11.7. The molecule has 0 bridgehead atoms. The molecule has 0 amide bonds. The van der Waals surface area contributed by atoms with Gasteiger partial charge in [-0.25, -0.2) is 0 Å². The number of benzene rings is 1. The van der Waals surface area contributed by atoms with Gasteiger partial charge in [-0.3, -0.25) is 9.48 Å². The van der Waals surface area contributed by atoms with Crippen molar-refractivity contribution in [1.29, 1.82) is 0 Å². The molecule has 0 saturated heterocycles. The van der Waals surface area contributed by atoms with E-state index in [1.807, 2.05) is 25.0 Å². The lowest BCUT2D eigenvalue weighted by Gasteiger charge is -2.11. The average molecular weight is 367 g/mol. The van der Waals surface area contributed by atoms with Crippen LogP contribution in [-0.2, 0) is 13.1 Å². The predicted molar refractivity (Wildman–Crippen MR) is 106 cm³/mol. The Kier molecular flexibility index (Phi) is 5.90. The summed E-state index contributed by atoms with van der Waals surface area (Å²) in [6.07, 6.45) is 6.46. The second-order valence-corrected chi connectivity index (χ2v) is 6.76. The number of unbranched alkanes of at least 4 members (excludes halogenated alkanes) is 2. The van der Waals surface area contributed by atoms with Crippen molar-refractivity contribution in [2.45, 2.75) is 32.4 Å². The lowest BCUT2D eigenvalue weighted by molar-refractivity contribution is 0.451. The van der Waals surface area contributed by atoms with E-state index in [0.717, 1.165) is 42.8 Å². The molecule has 3 rings (SSSR count). The molecule has 1 N–H and O–H groups in total. The number of aromatic nitrogens is 4. The average Bonchev–Trinajstić information content (AvgIpc) is 3.14. The number of anilines is 1. The van der Waals surface area contributed by atoms with Gasteiger partial charge in [-0.05, 0) is 43.5 Å². The van der Waals surface area contributed by atoms with Crippen molar-refractivity contribution >= 4 is 5.69 Å². The third kappa shape index (κ3) is 4.75. The molecule has 7 nitrogen and oxygen atoms in total. The number of hydrogen-bond donors (Lipinski definition) is 1. The van der Waals surface area contributed by atoms with E-state index in [-0.39, 0.29) is 11.3 Å². The van der Waals surface area contributed by atoms with Gasteiger partial charge in [0.15, 0.2) is 5.75 Å². The van der Waals surface area contributed by atoms with Crippen LogP contribution in [0.1, 0.15) is 19.3 Å². The highest BCUT2D eigenvalue weighted by Gasteiger charge is 2.05. The van der Waals surface area contributed by atoms with Gasteiger partial charge in [0.2, 0.25) is 0 Å². The van der Waals surface area contributed by atoms with E-state index in [1.165, 1.54) is 6.07 Å². The molecular formula is C20H25N5O2. The molecule has 0 aliphatic rings. The molecule has 0 unspecified atom stereocenters. The van der Waals surface area contributed by atoms with Crippen LogP contribution in [0.25, 0.3) is 11.3 Å². The minimum Gasteiger partial charge on any atom is -0.503 e. The van der Waals surface area contributed by atoms with Gasteiger partial charge in [-0.15, -0.1) is 5.10 Å². The second kappa shape index (κ2) is 8.53. The zero-order chi connectivity index (χ0) is 19.2. The Bertz CT molecular complexity index is 928. The van der Waals surface area contributed by atoms with Crippen molar-refractivity contribution in [2.75, 3.05) is 19.0 Å². The Morgan fingerprint density at radius 2 is 1.78 bits per heavy atom. The minimum absolute atomic E-state index is 0.203. The molecule has 0 spiro atoms. The summed E-state index contributed by atoms with van der Waals surface area (Å²) < 4.78 is 3.40. The molecular weight excluding hydrogens is 342 g/mol. The summed E-state index contributed by atoms with van der Waals surface area (Å²) in [6, 6.07) is 11.3. The zero-order valence-corrected chi connectivity index (χ0v) is 15.7. The smallest absolute Gasteiger partial charge is 0.292 e. The van der Waals surface area contributed by atoms with Gasteiger partial charge in [0.1, 0.15) is 5.69 Å². The quantitative estimate of drug-likeness (QED) is 0.620. The van der Waals surface area contributed by atoms with Crippen molar-refractivity contribution in [1.82, 2.24) is 19.6 Å². The van der Waals surface area contributed by atoms with Crippen molar-refractivity contribution in [3.8, 4) is 17.0 Å². The molecule has 27 heavy (non-hydrogen) atoms. The van der Waals surface area contributed by atoms with Gasteiger partial charge in [0.05, 0.1) is 6.20 Å². The molecule has 3 aromatic rings. The highest BCUT2D eigenvalue weighted by atomic mass is 16.3. The standard InChI is InChI=1S/C20H25N5O2/c1-23(2)17-10-8-16(9-11-17)18-15-25(22-21-18)14-5-3-4-12-24-13-6-7-19(26)20(24)27/h6-11,13,15,26H,3-5,12,14H2,1-2H3. The first-order valence-electron chi connectivity index (χ1n) is 9.11. The lowest BCUT2D eigenvalue weighted by Crippen LogP contribution is -2.18. The van der Waals surface area contributed by atoms with Crippen molar-refractivity contribution in [2.24, 2.45) is 0 Å². The molecule has 0 saturated carbocycles. The molecule has 7 heteroatoms. The first-order chi connectivity index (χ1) is 13.0. The summed E-state index contributed by atoms with van der Waals surface area (Å²) in [5.74, 6) is -0.203. The van der Waals surface area contributed by atoms with Crippen LogP contribution in [0.3, 0.4) is 0 Å². The van der Waals surface area contributed by atoms with Crippen LogP contribution >= 0.6 is 0 Å². The maximum Gasteiger partial charge on any atom is 0.292 e. The number of pyridine rings is 1. The third-order valence-corrected chi connectivity index (χ3v) is 4.50. The van der Waals surface area contributed by atoms with Gasteiger partial charge < -0.3 is 14.6 Å². The topological polar surface area (TPSA) is 76.2 Å². The first kappa shape index (κ1) is 18.7. The molecule has 2 aromatic heterocycles. The van der Waals surface area contributed by atoms with E-state index in [0.29, 0.717) is 6.54 Å². The van der Waals surface area contributed by atoms with E-state index in [2.05, 4.69) is 39.5 Å². The Balaban J connectivity index is 1.47. The highest BCUT2D eigenvalue weighted by molar-refractivity contribution is 5.61. The van der Waals surface area contributed by atoms with E-state index in [1.54, 1.807) is 16.8 Å². The molecule has 0 fully saturated rings. The predicted octanol–water partition coefficient (Wildman–Crippen LogP) is 2.75. The zero-order valence-electron chi connectivity index (χ0n) is 15.7. The SMILES string of the molecule is CN(C)c1ccc(-c2cn(CCCCCn3cccc(O)c3=O)nn2)cc1. The van der Waals surface area contributed by atoms with Crippen LogP contribution in [0.4, 0.5) is 5.69 Å². The van der Waals surface area contributed by atoms with Crippen LogP contribution in [0.5, 0.6) is 5.75 Å². The molecule has 1 aromatic carbocycles. The van der Waals surface area contributed by atoms with Crippen molar-refractivity contribution < 1.29 is 5.11 Å². The van der Waals surface area contributed by atoms with Crippen LogP contribution in [0, 0.1) is 0 Å². The summed E-state index contributed by atoms with van der Waals surface area (Å²) in [5, 5.41) is 17.9. The summed E-state index contributed by atoms with van der Waals surface area (Å²) in [7, 11) is 4.03. The largest absolute Gasteiger partial charge is 0.503 e. The number of aromatic hydroxyl groups is 1. The van der Waals surface area contributed by atoms with Gasteiger partial charge in [-0.1, -0.05) is 17.3 Å². The van der Waals surface area contributed by atoms with E-state index < -0.39 is 0 Å². The monoisotopic (exact) mass is 367 g/mol. The summed E-state index contributed by atoms with van der Waals surface area (Å²) >= 11 is 0. The van der Waals surface area contributed by atoms with Crippen molar-refractivity contribution in [3.05, 3.63) is 59.1 Å². The van der Waals surface area contributed by atoms with Gasteiger partial charge in [0, 0.05) is 44.6 Å². The summed E-state index contributed by atoms with van der Waals surface area (Å²) in [5.41, 5.74) is 2.73. The van der Waals surface area contributed by atoms with E-state index >= 15 is 0 Å². The lowest BCUT2D eigenvalue weighted by atomic mass is 10.1. The second-order valence-electron chi connectivity index (χ2n) is 6.76. The minimum atomic E-state index is -0.335. The van der Waals surface area contributed by atoms with Crippen LogP contribution in [0.15, 0.2) is 53.6 Å². The molecule has 0 aliphatic heterocycles. The van der Waals surface area contributed by atoms with E-state index in [4.69, 9.17) is 0 Å². The fourth-order valence-corrected chi connectivity index (χ4v) is 2.90. The molecule has 0 radical (unpaired) electrons. The molecule has 0 atom stereocenters. The summed E-state index contributed by atoms with van der Waals surface area (Å²) in [6.45, 7) is 1.39. The van der Waals surface area contributed by atoms with Gasteiger partial charge >= 0.3 is 0 Å². The van der Waals surface area contributed by atoms with Crippen LogP contribution in [-0.4, -0.2) is 38.8 Å². The van der Waals surface area contributed by atoms with Crippen LogP contribution in [0.2, 0.25) is 0 Å². The Labute approximate surface area is 158 Å². The molecule has 2 heterocycles. The Hall–Kier alpha value is -3.09. The number of rotatable bonds is 8. The molecule has 0 aliphatic carbocycles. The third-order valence-electron chi connectivity index (χ3n) is 4.50. The molecule has 142 valence electrons. The van der Waals surface area contributed by atoms with E-state index in [9.17, 15) is 9.90 Å². The fourth-order valence-electron chi connectivity index (χ4n) is 2.90. The number of nitrogens with zero attached hydrogens (tertiary/aromatic N) is 5. The highest BCUT2D eigenvalue weighted by Crippen LogP contribution is 2.20. The van der Waals surface area contributed by atoms with Gasteiger partial charge in [0.25, 0.3) is 5.56 Å². The van der Waals surface area contributed by atoms with Gasteiger partial charge in [-0.2, -0.15) is 0 Å². The Morgan fingerprint density at radius 3 is 2.52 bits per heavy atom.